The van der Waals surface area contributed by atoms with Crippen molar-refractivity contribution in [1.82, 2.24) is 0 Å². The number of fused-ring (bicyclic) bond motifs is 1. The van der Waals surface area contributed by atoms with E-state index in [1.807, 2.05) is 0 Å². The Labute approximate surface area is 144 Å². The first-order valence-electron chi connectivity index (χ1n) is 8.54. The van der Waals surface area contributed by atoms with Gasteiger partial charge in [0.05, 0.1) is 5.69 Å². The van der Waals surface area contributed by atoms with Crippen molar-refractivity contribution in [2.24, 2.45) is 10.7 Å². The molecule has 122 valence electrons. The molecule has 0 aliphatic carbocycles. The van der Waals surface area contributed by atoms with Crippen LogP contribution in [0.1, 0.15) is 37.8 Å². The molecule has 2 heteroatoms. The molecular formula is C22H24N2. The maximum atomic E-state index is 6.01. The van der Waals surface area contributed by atoms with E-state index in [0.29, 0.717) is 5.84 Å². The Hall–Kier alpha value is -2.61. The minimum atomic E-state index is 0.678. The van der Waals surface area contributed by atoms with Gasteiger partial charge in [-0.2, -0.15) is 0 Å². The van der Waals surface area contributed by atoms with Crippen molar-refractivity contribution in [3.05, 3.63) is 71.3 Å². The highest BCUT2D eigenvalue weighted by Gasteiger charge is 2.09. The van der Waals surface area contributed by atoms with Crippen LogP contribution in [-0.2, 0) is 6.42 Å². The molecule has 0 saturated heterocycles. The molecule has 0 atom stereocenters. The van der Waals surface area contributed by atoms with E-state index in [1.165, 1.54) is 22.3 Å². The zero-order valence-electron chi connectivity index (χ0n) is 14.4. The third-order valence-corrected chi connectivity index (χ3v) is 4.20. The maximum absolute atomic E-state index is 6.01. The number of hydrogen-bond donors (Lipinski definition) is 1. The molecule has 2 nitrogen and oxygen atoms in total. The summed E-state index contributed by atoms with van der Waals surface area (Å²) in [6.45, 7) is 4.25. The van der Waals surface area contributed by atoms with Crippen molar-refractivity contribution in [3.63, 3.8) is 0 Å². The number of hydrogen-bond acceptors (Lipinski definition) is 2. The lowest BCUT2D eigenvalue weighted by atomic mass is 10.00. The zero-order chi connectivity index (χ0) is 16.9. The van der Waals surface area contributed by atoms with Gasteiger partial charge in [-0.15, -0.1) is 0 Å². The highest BCUT2D eigenvalue weighted by molar-refractivity contribution is 5.90. The Bertz CT molecular complexity index is 808. The van der Waals surface area contributed by atoms with Crippen LogP contribution in [-0.4, -0.2) is 5.84 Å². The average molecular weight is 316 g/mol. The van der Waals surface area contributed by atoms with E-state index < -0.39 is 0 Å². The molecular weight excluding hydrogens is 292 g/mol. The zero-order valence-corrected chi connectivity index (χ0v) is 14.4. The number of nitrogens with two attached hydrogens (primary N) is 1. The molecule has 0 radical (unpaired) electrons. The molecule has 0 spiro atoms. The summed E-state index contributed by atoms with van der Waals surface area (Å²) >= 11 is 0. The number of aliphatic imine (C=N–C) groups is 1. The van der Waals surface area contributed by atoms with Crippen LogP contribution >= 0.6 is 0 Å². The maximum Gasteiger partial charge on any atom is 0.104 e. The molecule has 0 amide bonds. The van der Waals surface area contributed by atoms with Crippen LogP contribution in [0.5, 0.6) is 0 Å². The first kappa shape index (κ1) is 16.3. The van der Waals surface area contributed by atoms with Crippen LogP contribution < -0.4 is 5.73 Å². The molecule has 3 rings (SSSR count). The van der Waals surface area contributed by atoms with E-state index in [-0.39, 0.29) is 0 Å². The Kier molecular flexibility index (Phi) is 4.95. The number of rotatable bonds is 4. The lowest BCUT2D eigenvalue weighted by Gasteiger charge is -2.07. The van der Waals surface area contributed by atoms with E-state index in [4.69, 9.17) is 5.73 Å². The minimum absolute atomic E-state index is 0.678. The summed E-state index contributed by atoms with van der Waals surface area (Å²) in [5.74, 6) is 0.678. The van der Waals surface area contributed by atoms with E-state index in [1.54, 1.807) is 0 Å². The second-order valence-corrected chi connectivity index (χ2v) is 6.32. The first-order chi connectivity index (χ1) is 11.7. The van der Waals surface area contributed by atoms with Crippen molar-refractivity contribution in [1.29, 1.82) is 0 Å². The van der Waals surface area contributed by atoms with Gasteiger partial charge in [0.25, 0.3) is 0 Å². The van der Waals surface area contributed by atoms with Crippen LogP contribution in [0.25, 0.3) is 17.2 Å². The Morgan fingerprint density at radius 2 is 1.79 bits per heavy atom. The fraction of sp³-hybridized carbons (Fsp3) is 0.227. The molecule has 24 heavy (non-hydrogen) atoms. The fourth-order valence-corrected chi connectivity index (χ4v) is 2.96. The number of amidine groups is 1. The molecule has 1 aliphatic heterocycles. The van der Waals surface area contributed by atoms with Crippen molar-refractivity contribution in [2.75, 3.05) is 0 Å². The van der Waals surface area contributed by atoms with Gasteiger partial charge < -0.3 is 5.73 Å². The fourth-order valence-electron chi connectivity index (χ4n) is 2.96. The molecule has 0 unspecified atom stereocenters. The molecule has 0 bridgehead atoms. The predicted octanol–water partition coefficient (Wildman–Crippen LogP) is 5.66. The van der Waals surface area contributed by atoms with Gasteiger partial charge >= 0.3 is 0 Å². The molecule has 0 aromatic heterocycles. The van der Waals surface area contributed by atoms with Crippen LogP contribution in [0.3, 0.4) is 0 Å². The van der Waals surface area contributed by atoms with Gasteiger partial charge in [-0.25, -0.2) is 4.99 Å². The van der Waals surface area contributed by atoms with Gasteiger partial charge in [0.2, 0.25) is 0 Å². The Balaban J connectivity index is 1.88. The largest absolute Gasteiger partial charge is 0.387 e. The van der Waals surface area contributed by atoms with E-state index in [0.717, 1.165) is 30.5 Å². The quantitative estimate of drug-likeness (QED) is 0.726. The minimum Gasteiger partial charge on any atom is -0.387 e. The summed E-state index contributed by atoms with van der Waals surface area (Å²) in [4.78, 5) is 4.58. The normalized spacial score (nSPS) is 14.1. The lowest BCUT2D eigenvalue weighted by molar-refractivity contribution is 1.18. The summed E-state index contributed by atoms with van der Waals surface area (Å²) in [5, 5.41) is 0. The third-order valence-electron chi connectivity index (χ3n) is 4.20. The van der Waals surface area contributed by atoms with E-state index in [2.05, 4.69) is 79.5 Å². The van der Waals surface area contributed by atoms with Gasteiger partial charge in [0, 0.05) is 12.0 Å². The molecule has 2 N–H and O–H groups in total. The lowest BCUT2D eigenvalue weighted by Crippen LogP contribution is -2.10. The molecule has 2 aromatic carbocycles. The van der Waals surface area contributed by atoms with E-state index >= 15 is 0 Å². The van der Waals surface area contributed by atoms with Gasteiger partial charge in [-0.3, -0.25) is 0 Å². The second-order valence-electron chi connectivity index (χ2n) is 6.32. The second kappa shape index (κ2) is 7.31. The summed E-state index contributed by atoms with van der Waals surface area (Å²) in [6.07, 6.45) is 9.42. The molecule has 0 fully saturated rings. The number of nitrogens with zero attached hydrogens (tertiary/aromatic N) is 1. The molecule has 1 aliphatic rings. The van der Waals surface area contributed by atoms with Crippen LogP contribution in [0, 0.1) is 0 Å². The Morgan fingerprint density at radius 1 is 1.04 bits per heavy atom. The van der Waals surface area contributed by atoms with Crippen LogP contribution in [0.15, 0.2) is 65.2 Å². The highest BCUT2D eigenvalue weighted by atomic mass is 14.9. The summed E-state index contributed by atoms with van der Waals surface area (Å²) in [7, 11) is 0. The first-order valence-corrected chi connectivity index (χ1v) is 8.54. The topological polar surface area (TPSA) is 38.4 Å². The van der Waals surface area contributed by atoms with E-state index in [9.17, 15) is 0 Å². The monoisotopic (exact) mass is 316 g/mol. The van der Waals surface area contributed by atoms with Crippen LogP contribution in [0.4, 0.5) is 5.69 Å². The summed E-state index contributed by atoms with van der Waals surface area (Å²) < 4.78 is 0. The van der Waals surface area contributed by atoms with Gasteiger partial charge in [0.15, 0.2) is 0 Å². The standard InChI is InChI=1S/C22H24N2/c1-3-4-5-6-17-7-9-18(10-8-17)19-11-12-20-13-16(2)14-22(23)24-21(20)15-19/h4-5,7-13,15H,3,6,14H2,1-2H3,(H2,23,24)/b5-4+. The van der Waals surface area contributed by atoms with Gasteiger partial charge in [-0.1, -0.05) is 67.1 Å². The summed E-state index contributed by atoms with van der Waals surface area (Å²) in [6, 6.07) is 15.2. The number of benzene rings is 2. The highest BCUT2D eigenvalue weighted by Crippen LogP contribution is 2.31. The SMILES string of the molecule is CC/C=C/Cc1ccc(-c2ccc3c(c2)N=C(N)CC(C)=C3)cc1. The Morgan fingerprint density at radius 3 is 2.54 bits per heavy atom. The van der Waals surface area contributed by atoms with Gasteiger partial charge in [-0.05, 0) is 42.5 Å². The van der Waals surface area contributed by atoms with Crippen molar-refractivity contribution < 1.29 is 0 Å². The van der Waals surface area contributed by atoms with Crippen molar-refractivity contribution in [3.8, 4) is 11.1 Å². The summed E-state index contributed by atoms with van der Waals surface area (Å²) in [5.41, 5.74) is 13.1. The molecule has 1 heterocycles. The van der Waals surface area contributed by atoms with Gasteiger partial charge in [0.1, 0.15) is 5.84 Å². The van der Waals surface area contributed by atoms with Crippen LogP contribution in [0.2, 0.25) is 0 Å². The average Bonchev–Trinajstić information content (AvgIpc) is 2.71. The van der Waals surface area contributed by atoms with Crippen molar-refractivity contribution in [2.45, 2.75) is 33.1 Å². The molecule has 0 saturated carbocycles. The number of allylic oxidation sites excluding steroid dienone is 2. The smallest absolute Gasteiger partial charge is 0.104 e. The van der Waals surface area contributed by atoms with Crippen molar-refractivity contribution >= 4 is 17.6 Å². The third kappa shape index (κ3) is 3.83. The molecule has 2 aromatic rings. The predicted molar refractivity (Wildman–Crippen MR) is 105 cm³/mol.